The fraction of sp³-hybridized carbons (Fsp3) is 0.467. The Morgan fingerprint density at radius 3 is 2.38 bits per heavy atom. The summed E-state index contributed by atoms with van der Waals surface area (Å²) >= 11 is 6.12. The number of hydrogen-bond acceptors (Lipinski definition) is 4. The van der Waals surface area contributed by atoms with Crippen LogP contribution in [0.4, 0.5) is 4.39 Å². The van der Waals surface area contributed by atoms with E-state index < -0.39 is 17.4 Å². The Balaban J connectivity index is 1.63. The molecule has 1 atom stereocenters. The molecular weight excluding hydrogens is 521 g/mol. The Labute approximate surface area is 233 Å². The number of hydrogen-bond donors (Lipinski definition) is 2. The molecule has 9 heteroatoms. The van der Waals surface area contributed by atoms with E-state index in [1.165, 1.54) is 12.1 Å². The predicted octanol–water partition coefficient (Wildman–Crippen LogP) is 6.01. The van der Waals surface area contributed by atoms with Crippen LogP contribution in [0.1, 0.15) is 87.3 Å². The van der Waals surface area contributed by atoms with Crippen molar-refractivity contribution in [2.75, 3.05) is 6.54 Å². The minimum Gasteiger partial charge on any atom is -0.481 e. The second-order valence-corrected chi connectivity index (χ2v) is 12.1. The molecule has 2 aliphatic rings. The Morgan fingerprint density at radius 1 is 1.18 bits per heavy atom. The SMILES string of the molecule is C[C@H](c1ccc(C(=O)NCCC(=O)O)cc1)N1C(=O)C(c2cc(F)cc(Cl)c2)=NC12CCC(C(C)(C)C)CC2. The largest absolute Gasteiger partial charge is 0.481 e. The predicted molar refractivity (Wildman–Crippen MR) is 148 cm³/mol. The summed E-state index contributed by atoms with van der Waals surface area (Å²) in [5, 5.41) is 11.6. The standard InChI is InChI=1S/C30H35ClFN3O4/c1-18(19-5-7-20(8-6-19)27(38)33-14-11-25(36)37)35-28(39)26(21-15-23(31)17-24(32)16-21)34-30(35)12-9-22(10-13-30)29(2,3)4/h5-8,15-18,22H,9-14H2,1-4H3,(H,33,38)(H,36,37)/t18-,22?,30?/m1/s1. The number of rotatable bonds is 7. The molecule has 1 fully saturated rings. The van der Waals surface area contributed by atoms with Crippen molar-refractivity contribution < 1.29 is 23.9 Å². The van der Waals surface area contributed by atoms with E-state index in [0.29, 0.717) is 29.9 Å². The smallest absolute Gasteiger partial charge is 0.305 e. The molecule has 0 radical (unpaired) electrons. The molecule has 7 nitrogen and oxygen atoms in total. The normalized spacial score (nSPS) is 22.1. The van der Waals surface area contributed by atoms with Crippen LogP contribution < -0.4 is 5.32 Å². The third kappa shape index (κ3) is 6.16. The lowest BCUT2D eigenvalue weighted by molar-refractivity contribution is -0.137. The first-order valence-corrected chi connectivity index (χ1v) is 13.7. The molecular formula is C30H35ClFN3O4. The third-order valence-electron chi connectivity index (χ3n) is 8.00. The van der Waals surface area contributed by atoms with E-state index in [9.17, 15) is 18.8 Å². The molecule has 1 aliphatic heterocycles. The van der Waals surface area contributed by atoms with Gasteiger partial charge in [-0.25, -0.2) is 4.39 Å². The van der Waals surface area contributed by atoms with Crippen LogP contribution in [0.5, 0.6) is 0 Å². The molecule has 0 aromatic heterocycles. The van der Waals surface area contributed by atoms with E-state index in [1.807, 2.05) is 11.8 Å². The van der Waals surface area contributed by atoms with Crippen LogP contribution in [-0.4, -0.2) is 45.7 Å². The molecule has 208 valence electrons. The Morgan fingerprint density at radius 2 is 1.82 bits per heavy atom. The highest BCUT2D eigenvalue weighted by molar-refractivity contribution is 6.47. The number of carbonyl (C=O) groups excluding carboxylic acids is 2. The molecule has 0 unspecified atom stereocenters. The molecule has 1 heterocycles. The van der Waals surface area contributed by atoms with Gasteiger partial charge in [0.25, 0.3) is 11.8 Å². The average Bonchev–Trinajstić information content (AvgIpc) is 3.13. The Bertz CT molecular complexity index is 1270. The molecule has 1 aliphatic carbocycles. The van der Waals surface area contributed by atoms with Crippen LogP contribution in [0.15, 0.2) is 47.5 Å². The van der Waals surface area contributed by atoms with Gasteiger partial charge in [-0.15, -0.1) is 0 Å². The number of carboxylic acids is 1. The topological polar surface area (TPSA) is 99.1 Å². The van der Waals surface area contributed by atoms with Crippen LogP contribution in [0, 0.1) is 17.2 Å². The molecule has 2 aromatic rings. The van der Waals surface area contributed by atoms with E-state index in [2.05, 4.69) is 26.1 Å². The molecule has 39 heavy (non-hydrogen) atoms. The first-order valence-electron chi connectivity index (χ1n) is 13.3. The maximum absolute atomic E-state index is 14.2. The molecule has 4 rings (SSSR count). The van der Waals surface area contributed by atoms with Gasteiger partial charge in [-0.1, -0.05) is 44.5 Å². The minimum absolute atomic E-state index is 0.0386. The van der Waals surface area contributed by atoms with Crippen molar-refractivity contribution in [3.63, 3.8) is 0 Å². The van der Waals surface area contributed by atoms with Crippen molar-refractivity contribution in [1.29, 1.82) is 0 Å². The summed E-state index contributed by atoms with van der Waals surface area (Å²) in [7, 11) is 0. The van der Waals surface area contributed by atoms with Crippen LogP contribution in [0.3, 0.4) is 0 Å². The van der Waals surface area contributed by atoms with Crippen molar-refractivity contribution in [3.05, 3.63) is 70.0 Å². The highest BCUT2D eigenvalue weighted by Crippen LogP contribution is 2.49. The number of amides is 2. The highest BCUT2D eigenvalue weighted by Gasteiger charge is 2.52. The molecule has 2 N–H and O–H groups in total. The summed E-state index contributed by atoms with van der Waals surface area (Å²) in [6, 6.07) is 10.6. The summed E-state index contributed by atoms with van der Waals surface area (Å²) in [6.07, 6.45) is 3.06. The van der Waals surface area contributed by atoms with Crippen LogP contribution in [-0.2, 0) is 9.59 Å². The van der Waals surface area contributed by atoms with Gasteiger partial charge in [-0.3, -0.25) is 19.4 Å². The van der Waals surface area contributed by atoms with Gasteiger partial charge < -0.3 is 15.3 Å². The van der Waals surface area contributed by atoms with Gasteiger partial charge in [0.05, 0.1) is 12.5 Å². The summed E-state index contributed by atoms with van der Waals surface area (Å²) in [5.41, 5.74) is 1.20. The summed E-state index contributed by atoms with van der Waals surface area (Å²) < 4.78 is 14.2. The second kappa shape index (κ2) is 11.1. The van der Waals surface area contributed by atoms with Gasteiger partial charge in [-0.2, -0.15) is 0 Å². The summed E-state index contributed by atoms with van der Waals surface area (Å²) in [6.45, 7) is 8.68. The number of benzene rings is 2. The summed E-state index contributed by atoms with van der Waals surface area (Å²) in [4.78, 5) is 43.9. The first kappa shape index (κ1) is 28.7. The van der Waals surface area contributed by atoms with Crippen molar-refractivity contribution in [3.8, 4) is 0 Å². The number of halogens is 2. The van der Waals surface area contributed by atoms with Crippen LogP contribution >= 0.6 is 11.6 Å². The number of carbonyl (C=O) groups is 3. The van der Waals surface area contributed by atoms with Gasteiger partial charge in [0.1, 0.15) is 17.2 Å². The fourth-order valence-corrected chi connectivity index (χ4v) is 6.00. The zero-order valence-corrected chi connectivity index (χ0v) is 23.5. The molecule has 2 aromatic carbocycles. The third-order valence-corrected chi connectivity index (χ3v) is 8.22. The monoisotopic (exact) mass is 555 g/mol. The average molecular weight is 556 g/mol. The van der Waals surface area contributed by atoms with Gasteiger partial charge >= 0.3 is 5.97 Å². The Kier molecular flexibility index (Phi) is 8.17. The van der Waals surface area contributed by atoms with E-state index in [1.54, 1.807) is 30.3 Å². The fourth-order valence-electron chi connectivity index (χ4n) is 5.77. The molecule has 0 bridgehead atoms. The number of nitrogens with one attached hydrogen (secondary N) is 1. The Hall–Kier alpha value is -3.26. The van der Waals surface area contributed by atoms with E-state index in [4.69, 9.17) is 21.7 Å². The lowest BCUT2D eigenvalue weighted by atomic mass is 9.69. The molecule has 1 saturated carbocycles. The van der Waals surface area contributed by atoms with Gasteiger partial charge in [0.2, 0.25) is 0 Å². The van der Waals surface area contributed by atoms with Crippen LogP contribution in [0.25, 0.3) is 0 Å². The minimum atomic E-state index is -0.984. The van der Waals surface area contributed by atoms with Gasteiger partial charge in [0, 0.05) is 22.7 Å². The second-order valence-electron chi connectivity index (χ2n) is 11.6. The summed E-state index contributed by atoms with van der Waals surface area (Å²) in [5.74, 6) is -1.64. The lowest BCUT2D eigenvalue weighted by Crippen LogP contribution is -2.50. The number of aliphatic carboxylic acids is 1. The van der Waals surface area contributed by atoms with E-state index in [0.717, 1.165) is 18.4 Å². The number of nitrogens with zero attached hydrogens (tertiary/aromatic N) is 2. The van der Waals surface area contributed by atoms with Gasteiger partial charge in [0.15, 0.2) is 0 Å². The highest BCUT2D eigenvalue weighted by atomic mass is 35.5. The quantitative estimate of drug-likeness (QED) is 0.437. The van der Waals surface area contributed by atoms with Crippen molar-refractivity contribution in [2.24, 2.45) is 16.3 Å². The zero-order chi connectivity index (χ0) is 28.5. The molecule has 1 spiro atoms. The van der Waals surface area contributed by atoms with Gasteiger partial charge in [-0.05, 0) is 79.8 Å². The maximum Gasteiger partial charge on any atom is 0.305 e. The first-order chi connectivity index (χ1) is 18.3. The van der Waals surface area contributed by atoms with E-state index in [-0.39, 0.29) is 47.0 Å². The van der Waals surface area contributed by atoms with Crippen molar-refractivity contribution >= 4 is 35.1 Å². The molecule has 2 amide bonds. The van der Waals surface area contributed by atoms with E-state index >= 15 is 0 Å². The van der Waals surface area contributed by atoms with Crippen LogP contribution in [0.2, 0.25) is 5.02 Å². The number of carboxylic acid groups (broad SMARTS) is 1. The number of aliphatic imine (C=N–C) groups is 1. The maximum atomic E-state index is 14.2. The van der Waals surface area contributed by atoms with Crippen molar-refractivity contribution in [1.82, 2.24) is 10.2 Å². The molecule has 0 saturated heterocycles. The van der Waals surface area contributed by atoms with Crippen molar-refractivity contribution in [2.45, 2.75) is 71.5 Å². The lowest BCUT2D eigenvalue weighted by Gasteiger charge is -2.46. The zero-order valence-electron chi connectivity index (χ0n) is 22.8.